The third-order valence-corrected chi connectivity index (χ3v) is 3.08. The predicted octanol–water partition coefficient (Wildman–Crippen LogP) is 3.01. The first-order chi connectivity index (χ1) is 8.46. The van der Waals surface area contributed by atoms with E-state index in [1.165, 1.54) is 0 Å². The molecule has 0 atom stereocenters. The van der Waals surface area contributed by atoms with Gasteiger partial charge in [0.25, 0.3) is 0 Å². The minimum Gasteiger partial charge on any atom is -0.379 e. The van der Waals surface area contributed by atoms with Gasteiger partial charge in [-0.1, -0.05) is 24.3 Å². The van der Waals surface area contributed by atoms with Crippen molar-refractivity contribution >= 4 is 5.78 Å². The maximum atomic E-state index is 11.9. The Balaban J connectivity index is 2.37. The Bertz CT molecular complexity index is 396. The van der Waals surface area contributed by atoms with Crippen molar-refractivity contribution in [2.75, 3.05) is 20.3 Å². The summed E-state index contributed by atoms with van der Waals surface area (Å²) in [6, 6.07) is 7.56. The van der Waals surface area contributed by atoms with Gasteiger partial charge in [-0.3, -0.25) is 4.79 Å². The lowest BCUT2D eigenvalue weighted by molar-refractivity contribution is -0.00837. The van der Waals surface area contributed by atoms with Crippen LogP contribution in [0.1, 0.15) is 36.2 Å². The first-order valence-electron chi connectivity index (χ1n) is 6.18. The molecule has 100 valence electrons. The highest BCUT2D eigenvalue weighted by Crippen LogP contribution is 2.13. The summed E-state index contributed by atoms with van der Waals surface area (Å²) >= 11 is 0. The highest BCUT2D eigenvalue weighted by Gasteiger charge is 2.16. The molecule has 1 rings (SSSR count). The molecule has 3 heteroatoms. The summed E-state index contributed by atoms with van der Waals surface area (Å²) in [5.41, 5.74) is 1.53. The van der Waals surface area contributed by atoms with E-state index in [-0.39, 0.29) is 18.0 Å². The van der Waals surface area contributed by atoms with Crippen LogP contribution in [0.2, 0.25) is 0 Å². The van der Waals surface area contributed by atoms with Crippen molar-refractivity contribution in [2.45, 2.75) is 32.8 Å². The summed E-state index contributed by atoms with van der Waals surface area (Å²) in [7, 11) is 1.68. The van der Waals surface area contributed by atoms with E-state index in [0.717, 1.165) is 17.5 Å². The molecule has 0 amide bonds. The Kier molecular flexibility index (Phi) is 5.51. The normalized spacial score (nSPS) is 11.6. The molecule has 0 N–H and O–H groups in total. The van der Waals surface area contributed by atoms with Crippen molar-refractivity contribution in [3.05, 3.63) is 35.4 Å². The largest absolute Gasteiger partial charge is 0.379 e. The Labute approximate surface area is 109 Å². The minimum atomic E-state index is -0.203. The second-order valence-corrected chi connectivity index (χ2v) is 5.00. The molecule has 0 fully saturated rings. The number of ketones is 1. The standard InChI is InChI=1S/C15H22O3/c1-12-7-5-6-8-13(12)14(16)11-18-10-9-15(2,3)17-4/h5-8H,9-11H2,1-4H3. The number of carbonyl (C=O) groups excluding carboxylic acids is 1. The molecule has 0 unspecified atom stereocenters. The molecule has 0 heterocycles. The lowest BCUT2D eigenvalue weighted by Gasteiger charge is -2.22. The Hall–Kier alpha value is -1.19. The fourth-order valence-corrected chi connectivity index (χ4v) is 1.55. The number of ether oxygens (including phenoxy) is 2. The van der Waals surface area contributed by atoms with Gasteiger partial charge >= 0.3 is 0 Å². The molecule has 0 spiro atoms. The molecular weight excluding hydrogens is 228 g/mol. The van der Waals surface area contributed by atoms with Crippen molar-refractivity contribution < 1.29 is 14.3 Å². The number of methoxy groups -OCH3 is 1. The molecule has 18 heavy (non-hydrogen) atoms. The summed E-state index contributed by atoms with van der Waals surface area (Å²) in [5.74, 6) is 0.0309. The van der Waals surface area contributed by atoms with Gasteiger partial charge < -0.3 is 9.47 Å². The van der Waals surface area contributed by atoms with E-state index in [2.05, 4.69) is 0 Å². The van der Waals surface area contributed by atoms with Crippen molar-refractivity contribution in [3.63, 3.8) is 0 Å². The number of hydrogen-bond donors (Lipinski definition) is 0. The molecule has 0 radical (unpaired) electrons. The number of benzene rings is 1. The summed E-state index contributed by atoms with van der Waals surface area (Å²) in [4.78, 5) is 11.9. The summed E-state index contributed by atoms with van der Waals surface area (Å²) in [6.45, 7) is 6.59. The number of carbonyl (C=O) groups is 1. The van der Waals surface area contributed by atoms with Gasteiger partial charge in [-0.25, -0.2) is 0 Å². The average molecular weight is 250 g/mol. The minimum absolute atomic E-state index is 0.0309. The van der Waals surface area contributed by atoms with Crippen molar-refractivity contribution in [1.29, 1.82) is 0 Å². The van der Waals surface area contributed by atoms with Crippen LogP contribution in [0.25, 0.3) is 0 Å². The Morgan fingerprint density at radius 3 is 2.56 bits per heavy atom. The van der Waals surface area contributed by atoms with Crippen LogP contribution in [0.3, 0.4) is 0 Å². The number of aryl methyl sites for hydroxylation is 1. The lowest BCUT2D eigenvalue weighted by atomic mass is 10.1. The topological polar surface area (TPSA) is 35.5 Å². The van der Waals surface area contributed by atoms with E-state index in [4.69, 9.17) is 9.47 Å². The van der Waals surface area contributed by atoms with Crippen LogP contribution in [0.4, 0.5) is 0 Å². The van der Waals surface area contributed by atoms with Gasteiger partial charge in [-0.2, -0.15) is 0 Å². The van der Waals surface area contributed by atoms with E-state index >= 15 is 0 Å². The number of Topliss-reactive ketones (excluding diaryl/α,β-unsaturated/α-hetero) is 1. The van der Waals surface area contributed by atoms with Gasteiger partial charge in [0, 0.05) is 19.3 Å². The van der Waals surface area contributed by atoms with Crippen LogP contribution in [0.5, 0.6) is 0 Å². The first-order valence-corrected chi connectivity index (χ1v) is 6.18. The summed E-state index contributed by atoms with van der Waals surface area (Å²) in [5, 5.41) is 0. The molecule has 1 aromatic carbocycles. The lowest BCUT2D eigenvalue weighted by Crippen LogP contribution is -2.25. The van der Waals surface area contributed by atoms with E-state index in [9.17, 15) is 4.79 Å². The van der Waals surface area contributed by atoms with Gasteiger partial charge in [0.2, 0.25) is 0 Å². The van der Waals surface area contributed by atoms with Crippen molar-refractivity contribution in [3.8, 4) is 0 Å². The van der Waals surface area contributed by atoms with Gasteiger partial charge in [-0.15, -0.1) is 0 Å². The zero-order valence-electron chi connectivity index (χ0n) is 11.7. The smallest absolute Gasteiger partial charge is 0.188 e. The van der Waals surface area contributed by atoms with E-state index in [1.807, 2.05) is 45.0 Å². The van der Waals surface area contributed by atoms with Crippen LogP contribution in [0.15, 0.2) is 24.3 Å². The van der Waals surface area contributed by atoms with Crippen LogP contribution >= 0.6 is 0 Å². The maximum Gasteiger partial charge on any atom is 0.188 e. The predicted molar refractivity (Wildman–Crippen MR) is 72.0 cm³/mol. The van der Waals surface area contributed by atoms with Crippen LogP contribution < -0.4 is 0 Å². The molecule has 3 nitrogen and oxygen atoms in total. The fourth-order valence-electron chi connectivity index (χ4n) is 1.55. The van der Waals surface area contributed by atoms with Crippen LogP contribution in [0, 0.1) is 6.92 Å². The molecule has 0 saturated carbocycles. The van der Waals surface area contributed by atoms with Gasteiger partial charge in [0.05, 0.1) is 5.60 Å². The van der Waals surface area contributed by atoms with E-state index in [0.29, 0.717) is 6.61 Å². The molecule has 0 aliphatic carbocycles. The molecule has 0 aliphatic heterocycles. The second-order valence-electron chi connectivity index (χ2n) is 5.00. The zero-order chi connectivity index (χ0) is 13.6. The molecule has 0 saturated heterocycles. The van der Waals surface area contributed by atoms with Crippen molar-refractivity contribution in [1.82, 2.24) is 0 Å². The molecule has 0 aromatic heterocycles. The SMILES string of the molecule is COC(C)(C)CCOCC(=O)c1ccccc1C. The van der Waals surface area contributed by atoms with Crippen LogP contribution in [-0.2, 0) is 9.47 Å². The average Bonchev–Trinajstić information content (AvgIpc) is 2.35. The molecule has 0 aliphatic rings. The van der Waals surface area contributed by atoms with Crippen LogP contribution in [-0.4, -0.2) is 31.7 Å². The highest BCUT2D eigenvalue weighted by atomic mass is 16.5. The zero-order valence-corrected chi connectivity index (χ0v) is 11.7. The third kappa shape index (κ3) is 4.59. The monoisotopic (exact) mass is 250 g/mol. The second kappa shape index (κ2) is 6.66. The highest BCUT2D eigenvalue weighted by molar-refractivity contribution is 5.98. The van der Waals surface area contributed by atoms with Gasteiger partial charge in [-0.05, 0) is 32.8 Å². The first kappa shape index (κ1) is 14.9. The van der Waals surface area contributed by atoms with Gasteiger partial charge in [0.15, 0.2) is 5.78 Å². The van der Waals surface area contributed by atoms with E-state index in [1.54, 1.807) is 7.11 Å². The molecule has 1 aromatic rings. The molecular formula is C15H22O3. The maximum absolute atomic E-state index is 11.9. The Morgan fingerprint density at radius 1 is 1.28 bits per heavy atom. The van der Waals surface area contributed by atoms with Gasteiger partial charge in [0.1, 0.15) is 6.61 Å². The molecule has 0 bridgehead atoms. The van der Waals surface area contributed by atoms with Crippen molar-refractivity contribution in [2.24, 2.45) is 0 Å². The third-order valence-electron chi connectivity index (χ3n) is 3.08. The van der Waals surface area contributed by atoms with E-state index < -0.39 is 0 Å². The Morgan fingerprint density at radius 2 is 1.94 bits per heavy atom. The number of rotatable bonds is 7. The number of hydrogen-bond acceptors (Lipinski definition) is 3. The summed E-state index contributed by atoms with van der Waals surface area (Å²) in [6.07, 6.45) is 0.768. The quantitative estimate of drug-likeness (QED) is 0.551. The summed E-state index contributed by atoms with van der Waals surface area (Å²) < 4.78 is 10.7. The fraction of sp³-hybridized carbons (Fsp3) is 0.533.